The van der Waals surface area contributed by atoms with Crippen molar-refractivity contribution in [3.63, 3.8) is 0 Å². The number of nitrogens with zero attached hydrogens (tertiary/aromatic N) is 1. The first-order valence-corrected chi connectivity index (χ1v) is 14.0. The molecule has 0 radical (unpaired) electrons. The van der Waals surface area contributed by atoms with E-state index < -0.39 is 6.36 Å². The quantitative estimate of drug-likeness (QED) is 0.199. The van der Waals surface area contributed by atoms with E-state index in [1.54, 1.807) is 26.1 Å². The topological polar surface area (TPSA) is 39.2 Å². The Labute approximate surface area is 273 Å². The Morgan fingerprint density at radius 1 is 1.22 bits per heavy atom. The van der Waals surface area contributed by atoms with Gasteiger partial charge in [-0.2, -0.15) is 23.2 Å². The molecule has 1 aliphatic rings. The van der Waals surface area contributed by atoms with Crippen LogP contribution < -0.4 is 56.1 Å². The molecule has 204 valence electrons. The van der Waals surface area contributed by atoms with Crippen LogP contribution in [0, 0.1) is 63.2 Å². The first-order chi connectivity index (χ1) is 16.9. The Morgan fingerprint density at radius 3 is 2.24 bits per heavy atom. The van der Waals surface area contributed by atoms with Crippen LogP contribution in [0.25, 0.3) is 10.6 Å². The largest absolute Gasteiger partial charge is 1.00 e. The van der Waals surface area contributed by atoms with Gasteiger partial charge < -0.3 is 28.4 Å². The molecule has 0 bridgehead atoms. The molecule has 1 heterocycles. The van der Waals surface area contributed by atoms with E-state index in [0.717, 1.165) is 33.7 Å². The summed E-state index contributed by atoms with van der Waals surface area (Å²) in [6.07, 6.45) is 6.25. The minimum absolute atomic E-state index is 0. The standard InChI is InChI=1S/C15H17FNOS.C11H22.C5H8O.K/c1-9(2)14(16)18-13-6-5-10(3)7-12(13)15-17-8-11(4)19-15;1-6-7-10(4)8-11(5)9(2)3;1-4-2-5(4)3-6;/h5-9,14H,4H2,1-3H3;9-11H,4-8H2,1-3H3;3-5H,2H2,1H3;/q-1;-2;;+1. The van der Waals surface area contributed by atoms with Crippen molar-refractivity contribution in [3.8, 4) is 16.3 Å². The van der Waals surface area contributed by atoms with Gasteiger partial charge in [0.15, 0.2) is 0 Å². The number of aryl methyl sites for hydroxylation is 1. The van der Waals surface area contributed by atoms with Crippen LogP contribution in [-0.4, -0.2) is 17.6 Å². The van der Waals surface area contributed by atoms with Gasteiger partial charge in [-0.15, -0.1) is 17.5 Å². The molecule has 2 aromatic rings. The van der Waals surface area contributed by atoms with E-state index in [9.17, 15) is 9.18 Å². The normalized spacial score (nSPS) is 18.4. The molecule has 1 aromatic heterocycles. The molecule has 1 aromatic carbocycles. The minimum atomic E-state index is -1.32. The molecule has 0 saturated heterocycles. The van der Waals surface area contributed by atoms with E-state index in [1.165, 1.54) is 30.6 Å². The molecule has 37 heavy (non-hydrogen) atoms. The number of thiazole rings is 1. The maximum absolute atomic E-state index is 13.8. The van der Waals surface area contributed by atoms with Crippen molar-refractivity contribution in [2.45, 2.75) is 80.5 Å². The van der Waals surface area contributed by atoms with Gasteiger partial charge in [0.05, 0.1) is 5.56 Å². The Balaban J connectivity index is 0.000000608. The fraction of sp³-hybridized carbons (Fsp3) is 0.581. The van der Waals surface area contributed by atoms with Crippen LogP contribution in [0.2, 0.25) is 0 Å². The molecule has 1 aliphatic carbocycles. The molecule has 0 N–H and O–H groups in total. The maximum atomic E-state index is 13.8. The van der Waals surface area contributed by atoms with E-state index in [0.29, 0.717) is 35.3 Å². The number of alkyl halides is 1. The number of ether oxygens (including phenoxy) is 1. The molecule has 0 aliphatic heterocycles. The van der Waals surface area contributed by atoms with E-state index in [2.05, 4.69) is 53.5 Å². The third-order valence-electron chi connectivity index (χ3n) is 6.31. The summed E-state index contributed by atoms with van der Waals surface area (Å²) in [7, 11) is 0. The average molecular weight is 556 g/mol. The monoisotopic (exact) mass is 555 g/mol. The third kappa shape index (κ3) is 14.6. The van der Waals surface area contributed by atoms with Crippen molar-refractivity contribution in [1.82, 2.24) is 4.98 Å². The molecule has 6 heteroatoms. The van der Waals surface area contributed by atoms with Crippen molar-refractivity contribution in [3.05, 3.63) is 55.6 Å². The first-order valence-electron chi connectivity index (χ1n) is 13.2. The molecule has 5 unspecified atom stereocenters. The van der Waals surface area contributed by atoms with Gasteiger partial charge in [-0.3, -0.25) is 0 Å². The molecular weight excluding hydrogens is 509 g/mol. The molecule has 3 rings (SSSR count). The van der Waals surface area contributed by atoms with Gasteiger partial charge in [-0.25, -0.2) is 11.3 Å². The van der Waals surface area contributed by atoms with E-state index in [-0.39, 0.29) is 57.3 Å². The zero-order chi connectivity index (χ0) is 27.4. The zero-order valence-corrected chi connectivity index (χ0v) is 28.4. The van der Waals surface area contributed by atoms with E-state index in [4.69, 9.17) is 4.74 Å². The molecule has 1 saturated carbocycles. The Kier molecular flexibility index (Phi) is 18.8. The van der Waals surface area contributed by atoms with Crippen LogP contribution in [0.3, 0.4) is 0 Å². The summed E-state index contributed by atoms with van der Waals surface area (Å²) in [6.45, 7) is 26.4. The van der Waals surface area contributed by atoms with Crippen LogP contribution in [0.1, 0.15) is 77.7 Å². The number of rotatable bonds is 10. The van der Waals surface area contributed by atoms with Crippen molar-refractivity contribution in [1.29, 1.82) is 0 Å². The van der Waals surface area contributed by atoms with Gasteiger partial charge in [0.1, 0.15) is 17.0 Å². The average Bonchev–Trinajstić information content (AvgIpc) is 3.37. The number of carbonyl (C=O) groups excluding carboxylic acids is 1. The molecule has 3 nitrogen and oxygen atoms in total. The SMILES string of the molecule is CC1CC1C=O.[CH2-]C(CCC)CC([CH2-])C(C)C.[CH2-]c1cnc(-c2cc(C)ccc2OC(F)C(C)C)s1.[K+]. The number of hydrogen-bond donors (Lipinski definition) is 0. The second-order valence-electron chi connectivity index (χ2n) is 10.8. The van der Waals surface area contributed by atoms with Gasteiger partial charge in [-0.1, -0.05) is 71.9 Å². The van der Waals surface area contributed by atoms with Crippen LogP contribution in [0.15, 0.2) is 24.4 Å². The number of halogens is 1. The molecule has 0 spiro atoms. The molecule has 1 fully saturated rings. The second-order valence-corrected chi connectivity index (χ2v) is 11.9. The van der Waals surface area contributed by atoms with Crippen LogP contribution in [0.4, 0.5) is 4.39 Å². The number of carbonyl (C=O) groups is 1. The summed E-state index contributed by atoms with van der Waals surface area (Å²) in [5.74, 6) is 3.37. The summed E-state index contributed by atoms with van der Waals surface area (Å²) in [5.41, 5.74) is 1.91. The van der Waals surface area contributed by atoms with Crippen LogP contribution in [-0.2, 0) is 4.79 Å². The number of benzene rings is 1. The van der Waals surface area contributed by atoms with Gasteiger partial charge >= 0.3 is 51.4 Å². The Morgan fingerprint density at radius 2 is 1.84 bits per heavy atom. The fourth-order valence-electron chi connectivity index (χ4n) is 3.37. The summed E-state index contributed by atoms with van der Waals surface area (Å²) in [6, 6.07) is 5.66. The molecule has 5 atom stereocenters. The third-order valence-corrected chi connectivity index (χ3v) is 7.19. The Hall–Kier alpha value is -0.244. The predicted octanol–water partition coefficient (Wildman–Crippen LogP) is 6.21. The van der Waals surface area contributed by atoms with Gasteiger partial charge in [0, 0.05) is 11.8 Å². The van der Waals surface area contributed by atoms with Crippen molar-refractivity contribution < 1.29 is 65.3 Å². The number of aromatic nitrogens is 1. The Bertz CT molecular complexity index is 901. The van der Waals surface area contributed by atoms with Gasteiger partial charge in [0.2, 0.25) is 6.36 Å². The molecular formula is C31H47FKNO2S-2. The summed E-state index contributed by atoms with van der Waals surface area (Å²) in [4.78, 5) is 14.9. The van der Waals surface area contributed by atoms with Crippen molar-refractivity contribution in [2.75, 3.05) is 0 Å². The van der Waals surface area contributed by atoms with Crippen molar-refractivity contribution >= 4 is 17.6 Å². The maximum Gasteiger partial charge on any atom is 1.00 e. The van der Waals surface area contributed by atoms with Crippen LogP contribution >= 0.6 is 11.3 Å². The second kappa shape index (κ2) is 18.9. The van der Waals surface area contributed by atoms with Gasteiger partial charge in [0.25, 0.3) is 0 Å². The van der Waals surface area contributed by atoms with E-state index >= 15 is 0 Å². The van der Waals surface area contributed by atoms with Crippen LogP contribution in [0.5, 0.6) is 5.75 Å². The number of hydrogen-bond acceptors (Lipinski definition) is 4. The fourth-order valence-corrected chi connectivity index (χ4v) is 4.10. The van der Waals surface area contributed by atoms with E-state index in [1.807, 2.05) is 19.1 Å². The number of aldehydes is 1. The van der Waals surface area contributed by atoms with Gasteiger partial charge in [-0.05, 0) is 31.4 Å². The predicted molar refractivity (Wildman–Crippen MR) is 152 cm³/mol. The summed E-state index contributed by atoms with van der Waals surface area (Å²) >= 11 is 1.47. The zero-order valence-electron chi connectivity index (χ0n) is 24.4. The summed E-state index contributed by atoms with van der Waals surface area (Å²) in [5, 5.41) is 0.805. The van der Waals surface area contributed by atoms with Crippen molar-refractivity contribution in [2.24, 2.45) is 35.5 Å². The first kappa shape index (κ1) is 36.8. The smallest absolute Gasteiger partial charge is 0.459 e. The molecule has 0 amide bonds. The minimum Gasteiger partial charge on any atom is -0.459 e. The summed E-state index contributed by atoms with van der Waals surface area (Å²) < 4.78 is 19.2.